The maximum atomic E-state index is 11.4. The number of aromatic amines is 1. The van der Waals surface area contributed by atoms with Crippen LogP contribution in [0.15, 0.2) is 47.4 Å². The maximum absolute atomic E-state index is 11.4. The summed E-state index contributed by atoms with van der Waals surface area (Å²) < 4.78 is 5.98. The third kappa shape index (κ3) is 2.98. The van der Waals surface area contributed by atoms with Crippen LogP contribution in [0.3, 0.4) is 0 Å². The number of ether oxygens (including phenoxy) is 1. The zero-order chi connectivity index (χ0) is 17.4. The summed E-state index contributed by atoms with van der Waals surface area (Å²) in [5.41, 5.74) is 2.44. The van der Waals surface area contributed by atoms with E-state index >= 15 is 0 Å². The van der Waals surface area contributed by atoms with Crippen molar-refractivity contribution in [1.82, 2.24) is 9.97 Å². The molecule has 6 nitrogen and oxygen atoms in total. The van der Waals surface area contributed by atoms with Crippen LogP contribution >= 0.6 is 0 Å². The Morgan fingerprint density at radius 2 is 2.08 bits per heavy atom. The summed E-state index contributed by atoms with van der Waals surface area (Å²) in [6.45, 7) is 0. The lowest BCUT2D eigenvalue weighted by Crippen LogP contribution is -2.22. The van der Waals surface area contributed by atoms with Gasteiger partial charge in [-0.25, -0.2) is 4.98 Å². The molecule has 0 saturated heterocycles. The number of hydrogen-bond acceptors (Lipinski definition) is 4. The summed E-state index contributed by atoms with van der Waals surface area (Å²) in [5, 5.41) is 9.95. The minimum Gasteiger partial charge on any atom is -0.481 e. The first kappa shape index (κ1) is 15.4. The van der Waals surface area contributed by atoms with Crippen molar-refractivity contribution in [3.8, 4) is 11.5 Å². The van der Waals surface area contributed by atoms with Crippen molar-refractivity contribution in [2.24, 2.45) is 5.92 Å². The molecule has 1 unspecified atom stereocenters. The quantitative estimate of drug-likeness (QED) is 0.767. The Balaban J connectivity index is 1.67. The van der Waals surface area contributed by atoms with Crippen molar-refractivity contribution in [1.29, 1.82) is 0 Å². The van der Waals surface area contributed by atoms with Gasteiger partial charge in [0.1, 0.15) is 17.1 Å². The highest BCUT2D eigenvalue weighted by Crippen LogP contribution is 2.32. The molecule has 2 N–H and O–H groups in total. The average molecular weight is 336 g/mol. The van der Waals surface area contributed by atoms with Crippen LogP contribution in [0.25, 0.3) is 11.0 Å². The van der Waals surface area contributed by atoms with Crippen molar-refractivity contribution >= 4 is 17.0 Å². The van der Waals surface area contributed by atoms with Gasteiger partial charge in [-0.3, -0.25) is 9.59 Å². The fourth-order valence-corrected chi connectivity index (χ4v) is 3.26. The molecule has 2 aromatic heterocycles. The number of H-pyrrole nitrogens is 1. The van der Waals surface area contributed by atoms with Crippen LogP contribution in [-0.4, -0.2) is 21.0 Å². The van der Waals surface area contributed by atoms with E-state index in [-0.39, 0.29) is 11.5 Å². The Kier molecular flexibility index (Phi) is 3.72. The number of aliphatic carboxylic acids is 1. The predicted octanol–water partition coefficient (Wildman–Crippen LogP) is 2.90. The number of pyridine rings is 2. The second kappa shape index (κ2) is 6.05. The number of carbonyl (C=O) groups is 1. The first-order valence-corrected chi connectivity index (χ1v) is 8.10. The van der Waals surface area contributed by atoms with Gasteiger partial charge in [0.25, 0.3) is 0 Å². The molecule has 0 saturated carbocycles. The highest BCUT2D eigenvalue weighted by Gasteiger charge is 2.24. The van der Waals surface area contributed by atoms with Gasteiger partial charge in [-0.2, -0.15) is 0 Å². The molecule has 6 heteroatoms. The average Bonchev–Trinajstić information content (AvgIpc) is 2.61. The van der Waals surface area contributed by atoms with Gasteiger partial charge in [0, 0.05) is 12.3 Å². The van der Waals surface area contributed by atoms with Crippen molar-refractivity contribution in [3.63, 3.8) is 0 Å². The van der Waals surface area contributed by atoms with E-state index in [0.29, 0.717) is 35.4 Å². The Morgan fingerprint density at radius 3 is 2.92 bits per heavy atom. The molecular weight excluding hydrogens is 320 g/mol. The first-order valence-electron chi connectivity index (χ1n) is 8.10. The second-order valence-electron chi connectivity index (χ2n) is 6.20. The fourth-order valence-electron chi connectivity index (χ4n) is 3.26. The zero-order valence-corrected chi connectivity index (χ0v) is 13.4. The van der Waals surface area contributed by atoms with Gasteiger partial charge in [-0.15, -0.1) is 0 Å². The third-order valence-corrected chi connectivity index (χ3v) is 4.58. The molecule has 126 valence electrons. The van der Waals surface area contributed by atoms with Gasteiger partial charge in [0.2, 0.25) is 5.56 Å². The first-order chi connectivity index (χ1) is 12.1. The minimum atomic E-state index is -0.749. The summed E-state index contributed by atoms with van der Waals surface area (Å²) >= 11 is 0. The van der Waals surface area contributed by atoms with Gasteiger partial charge in [-0.1, -0.05) is 6.07 Å². The summed E-state index contributed by atoms with van der Waals surface area (Å²) in [4.78, 5) is 29.5. The molecule has 1 atom stereocenters. The van der Waals surface area contributed by atoms with E-state index in [1.165, 1.54) is 11.6 Å². The van der Waals surface area contributed by atoms with Crippen molar-refractivity contribution < 1.29 is 14.6 Å². The number of nitrogens with zero attached hydrogens (tertiary/aromatic N) is 1. The number of nitrogens with one attached hydrogen (secondary N) is 1. The molecule has 1 aliphatic rings. The van der Waals surface area contributed by atoms with Crippen molar-refractivity contribution in [2.75, 3.05) is 0 Å². The van der Waals surface area contributed by atoms with Crippen LogP contribution in [0.5, 0.6) is 11.5 Å². The molecule has 0 amide bonds. The second-order valence-corrected chi connectivity index (χ2v) is 6.20. The lowest BCUT2D eigenvalue weighted by Gasteiger charge is -2.22. The SMILES string of the molecule is O=C(O)C1CCc2ccc(Oc3ccnc4[nH]c(=O)ccc34)cc2C1. The summed E-state index contributed by atoms with van der Waals surface area (Å²) in [6.07, 6.45) is 3.54. The third-order valence-electron chi connectivity index (χ3n) is 4.58. The number of aryl methyl sites for hydroxylation is 1. The number of benzene rings is 1. The summed E-state index contributed by atoms with van der Waals surface area (Å²) in [6, 6.07) is 10.6. The fraction of sp³-hybridized carbons (Fsp3) is 0.211. The number of hydrogen-bond donors (Lipinski definition) is 2. The van der Waals surface area contributed by atoms with Crippen LogP contribution in [0.4, 0.5) is 0 Å². The normalized spacial score (nSPS) is 16.4. The number of aromatic nitrogens is 2. The van der Waals surface area contributed by atoms with E-state index in [1.807, 2.05) is 18.2 Å². The topological polar surface area (TPSA) is 92.3 Å². The van der Waals surface area contributed by atoms with Crippen LogP contribution in [-0.2, 0) is 17.6 Å². The Labute approximate surface area is 143 Å². The molecule has 0 bridgehead atoms. The monoisotopic (exact) mass is 336 g/mol. The van der Waals surface area contributed by atoms with Crippen LogP contribution in [0.1, 0.15) is 17.5 Å². The minimum absolute atomic E-state index is 0.217. The number of fused-ring (bicyclic) bond motifs is 2. The molecule has 0 fully saturated rings. The van der Waals surface area contributed by atoms with E-state index in [1.54, 1.807) is 18.3 Å². The largest absolute Gasteiger partial charge is 0.481 e. The Bertz CT molecular complexity index is 1030. The van der Waals surface area contributed by atoms with E-state index in [9.17, 15) is 14.7 Å². The lowest BCUT2D eigenvalue weighted by atomic mass is 9.84. The smallest absolute Gasteiger partial charge is 0.306 e. The summed E-state index contributed by atoms with van der Waals surface area (Å²) in [5.74, 6) is 0.144. The van der Waals surface area contributed by atoms with Gasteiger partial charge in [-0.05, 0) is 54.7 Å². The highest BCUT2D eigenvalue weighted by atomic mass is 16.5. The molecule has 0 radical (unpaired) electrons. The van der Waals surface area contributed by atoms with Gasteiger partial charge in [0.15, 0.2) is 0 Å². The lowest BCUT2D eigenvalue weighted by molar-refractivity contribution is -0.142. The molecule has 0 aliphatic heterocycles. The number of carboxylic acid groups (broad SMARTS) is 1. The molecule has 4 rings (SSSR count). The molecule has 1 aliphatic carbocycles. The van der Waals surface area contributed by atoms with Gasteiger partial charge >= 0.3 is 5.97 Å². The van der Waals surface area contributed by atoms with Gasteiger partial charge in [0.05, 0.1) is 11.3 Å². The van der Waals surface area contributed by atoms with Crippen molar-refractivity contribution in [3.05, 3.63) is 64.1 Å². The molecule has 2 heterocycles. The van der Waals surface area contributed by atoms with E-state index < -0.39 is 5.97 Å². The Morgan fingerprint density at radius 1 is 1.20 bits per heavy atom. The molecule has 3 aromatic rings. The highest BCUT2D eigenvalue weighted by molar-refractivity contribution is 5.81. The van der Waals surface area contributed by atoms with E-state index in [0.717, 1.165) is 12.0 Å². The maximum Gasteiger partial charge on any atom is 0.306 e. The van der Waals surface area contributed by atoms with Gasteiger partial charge < -0.3 is 14.8 Å². The molecule has 1 aromatic carbocycles. The van der Waals surface area contributed by atoms with Crippen molar-refractivity contribution in [2.45, 2.75) is 19.3 Å². The van der Waals surface area contributed by atoms with Crippen LogP contribution in [0, 0.1) is 5.92 Å². The van der Waals surface area contributed by atoms with E-state index in [2.05, 4.69) is 9.97 Å². The summed E-state index contributed by atoms with van der Waals surface area (Å²) in [7, 11) is 0. The molecule has 25 heavy (non-hydrogen) atoms. The predicted molar refractivity (Wildman–Crippen MR) is 92.0 cm³/mol. The standard InChI is InChI=1S/C19H16N2O4/c22-17-6-5-15-16(7-8-20-18(15)21-17)25-14-4-3-11-1-2-12(19(23)24)9-13(11)10-14/h3-8,10,12H,1-2,9H2,(H,23,24)(H,20,21,22). The molecular formula is C19H16N2O4. The Hall–Kier alpha value is -3.15. The van der Waals surface area contributed by atoms with Crippen LogP contribution in [0.2, 0.25) is 0 Å². The molecule has 0 spiro atoms. The number of rotatable bonds is 3. The van der Waals surface area contributed by atoms with Crippen LogP contribution < -0.4 is 10.3 Å². The number of carboxylic acids is 1. The zero-order valence-electron chi connectivity index (χ0n) is 13.4. The van der Waals surface area contributed by atoms with E-state index in [4.69, 9.17) is 4.74 Å².